The van der Waals surface area contributed by atoms with Crippen LogP contribution in [0.2, 0.25) is 0 Å². The number of rotatable bonds is 3. The summed E-state index contributed by atoms with van der Waals surface area (Å²) in [6, 6.07) is 50.3. The number of ether oxygens (including phenoxy) is 2. The summed E-state index contributed by atoms with van der Waals surface area (Å²) in [5, 5.41) is 2.22. The summed E-state index contributed by atoms with van der Waals surface area (Å²) in [7, 11) is 2.06. The van der Waals surface area contributed by atoms with E-state index in [0.717, 1.165) is 72.5 Å². The molecule has 0 unspecified atom stereocenters. The molecule has 0 amide bonds. The predicted octanol–water partition coefficient (Wildman–Crippen LogP) is 11.5. The predicted molar refractivity (Wildman–Crippen MR) is 229 cm³/mol. The third-order valence-electron chi connectivity index (χ3n) is 12.2. The smallest absolute Gasteiger partial charge is 0.242 e. The zero-order valence-corrected chi connectivity index (χ0v) is 36.3. The van der Waals surface area contributed by atoms with Crippen molar-refractivity contribution in [2.24, 2.45) is 7.05 Å². The van der Waals surface area contributed by atoms with E-state index >= 15 is 0 Å². The Morgan fingerprint density at radius 2 is 1.34 bits per heavy atom. The Morgan fingerprint density at radius 1 is 0.661 bits per heavy atom. The summed E-state index contributed by atoms with van der Waals surface area (Å²) in [5.74, 6) is 3.71. The van der Waals surface area contributed by atoms with Crippen LogP contribution in [0.5, 0.6) is 23.0 Å². The Balaban J connectivity index is 0.00000420. The van der Waals surface area contributed by atoms with Crippen LogP contribution in [0, 0.1) is 18.5 Å². The summed E-state index contributed by atoms with van der Waals surface area (Å²) < 4.78 is 20.0. The van der Waals surface area contributed by atoms with E-state index in [0.29, 0.717) is 11.5 Å². The molecular formula is C52H42N4O2Pt-2. The van der Waals surface area contributed by atoms with Crippen molar-refractivity contribution < 1.29 is 35.1 Å². The zero-order valence-electron chi connectivity index (χ0n) is 34.0. The molecule has 3 aromatic heterocycles. The van der Waals surface area contributed by atoms with E-state index in [2.05, 4.69) is 178 Å². The summed E-state index contributed by atoms with van der Waals surface area (Å²) in [6.07, 6.45) is 5.47. The fraction of sp³-hybridized carbons (Fsp3) is 0.192. The van der Waals surface area contributed by atoms with E-state index in [1.807, 2.05) is 30.5 Å². The van der Waals surface area contributed by atoms with Crippen molar-refractivity contribution in [1.82, 2.24) is 14.1 Å². The van der Waals surface area contributed by atoms with E-state index in [4.69, 9.17) is 14.5 Å². The maximum absolute atomic E-state index is 6.88. The number of imidazole rings is 1. The molecule has 5 heterocycles. The molecule has 0 radical (unpaired) electrons. The summed E-state index contributed by atoms with van der Waals surface area (Å²) in [4.78, 5) is 4.71. The minimum absolute atomic E-state index is 0. The van der Waals surface area contributed by atoms with Gasteiger partial charge in [-0.05, 0) is 63.2 Å². The molecule has 2 aliphatic rings. The second-order valence-corrected chi connectivity index (χ2v) is 17.8. The van der Waals surface area contributed by atoms with Crippen molar-refractivity contribution >= 4 is 32.8 Å². The Kier molecular flexibility index (Phi) is 8.23. The molecule has 2 aliphatic heterocycles. The first-order valence-corrected chi connectivity index (χ1v) is 19.9. The summed E-state index contributed by atoms with van der Waals surface area (Å²) in [5.41, 5.74) is 11.1. The van der Waals surface area contributed by atoms with E-state index in [1.165, 1.54) is 16.7 Å². The number of nitrogens with zero attached hydrogens (tertiary/aromatic N) is 4. The van der Waals surface area contributed by atoms with Crippen LogP contribution < -0.4 is 14.0 Å². The van der Waals surface area contributed by atoms with Crippen LogP contribution in [-0.2, 0) is 44.4 Å². The molecule has 0 saturated heterocycles. The van der Waals surface area contributed by atoms with Gasteiger partial charge in [-0.2, -0.15) is 12.1 Å². The Morgan fingerprint density at radius 3 is 2.03 bits per heavy atom. The van der Waals surface area contributed by atoms with Crippen LogP contribution >= 0.6 is 0 Å². The molecule has 0 atom stereocenters. The molecular weight excluding hydrogens is 908 g/mol. The number of aryl methyl sites for hydroxylation is 1. The third kappa shape index (κ3) is 5.42. The van der Waals surface area contributed by atoms with Crippen molar-refractivity contribution in [3.05, 3.63) is 179 Å². The van der Waals surface area contributed by atoms with Gasteiger partial charge in [0.2, 0.25) is 6.33 Å². The van der Waals surface area contributed by atoms with Gasteiger partial charge < -0.3 is 23.2 Å². The largest absolute Gasteiger partial charge is 0.510 e. The van der Waals surface area contributed by atoms with Crippen LogP contribution in [-0.4, -0.2) is 14.1 Å². The van der Waals surface area contributed by atoms with Gasteiger partial charge in [-0.3, -0.25) is 0 Å². The van der Waals surface area contributed by atoms with Crippen LogP contribution in [0.4, 0.5) is 0 Å². The quantitative estimate of drug-likeness (QED) is 0.131. The molecule has 0 bridgehead atoms. The molecule has 1 spiro atoms. The van der Waals surface area contributed by atoms with Gasteiger partial charge in [0.1, 0.15) is 17.3 Å². The fourth-order valence-electron chi connectivity index (χ4n) is 9.28. The van der Waals surface area contributed by atoms with Crippen LogP contribution in [0.3, 0.4) is 0 Å². The molecule has 9 aromatic rings. The number of pyridine rings is 1. The van der Waals surface area contributed by atoms with Gasteiger partial charge in [-0.15, -0.1) is 35.2 Å². The van der Waals surface area contributed by atoms with E-state index in [1.54, 1.807) is 0 Å². The fourth-order valence-corrected chi connectivity index (χ4v) is 9.28. The first-order valence-electron chi connectivity index (χ1n) is 19.9. The Hall–Kier alpha value is -5.97. The number of aromatic nitrogens is 4. The normalized spacial score (nSPS) is 13.8. The molecule has 294 valence electrons. The van der Waals surface area contributed by atoms with Gasteiger partial charge in [-0.25, -0.2) is 4.98 Å². The molecule has 0 saturated carbocycles. The topological polar surface area (TPSA) is 45.1 Å². The average molecular weight is 950 g/mol. The van der Waals surface area contributed by atoms with Crippen molar-refractivity contribution in [2.75, 3.05) is 0 Å². The molecule has 59 heavy (non-hydrogen) atoms. The monoisotopic (exact) mass is 949 g/mol. The maximum atomic E-state index is 6.88. The van der Waals surface area contributed by atoms with Crippen LogP contribution in [0.15, 0.2) is 128 Å². The summed E-state index contributed by atoms with van der Waals surface area (Å²) >= 11 is 0. The van der Waals surface area contributed by atoms with Gasteiger partial charge in [0.15, 0.2) is 0 Å². The summed E-state index contributed by atoms with van der Waals surface area (Å²) in [6.45, 7) is 13.6. The Labute approximate surface area is 359 Å². The van der Waals surface area contributed by atoms with Gasteiger partial charge in [-0.1, -0.05) is 119 Å². The minimum atomic E-state index is -0.737. The molecule has 7 heteroatoms. The average Bonchev–Trinajstić information content (AvgIpc) is 3.73. The standard InChI is InChI=1S/C52H42N4O2.Pt/c1-50(2,3)32-18-24-46-40(27-32)52(41-28-33(51(4,5)6)19-25-47(41)58-46)38-23-21-35(30-45(38)55-31-54(7)43-16-12-14-39(52)49(43)55)57-34-20-22-37-36-13-8-9-15-42(36)56(44(37)29-34)48-17-10-11-26-53-48;/h8-28H,1-7H3;/q-2;. The van der Waals surface area contributed by atoms with E-state index in [9.17, 15) is 0 Å². The molecule has 11 rings (SSSR count). The first-order chi connectivity index (χ1) is 27.9. The second-order valence-electron chi connectivity index (χ2n) is 17.8. The first kappa shape index (κ1) is 37.3. The van der Waals surface area contributed by atoms with Gasteiger partial charge in [0.05, 0.1) is 18.1 Å². The van der Waals surface area contributed by atoms with Gasteiger partial charge in [0.25, 0.3) is 0 Å². The molecule has 0 aliphatic carbocycles. The van der Waals surface area contributed by atoms with Crippen molar-refractivity contribution in [3.8, 4) is 34.5 Å². The van der Waals surface area contributed by atoms with E-state index < -0.39 is 5.41 Å². The molecule has 6 nitrogen and oxygen atoms in total. The van der Waals surface area contributed by atoms with Gasteiger partial charge in [0, 0.05) is 60.8 Å². The second kappa shape index (κ2) is 13.0. The molecule has 0 N–H and O–H groups in total. The number of benzene rings is 6. The maximum Gasteiger partial charge on any atom is 0.242 e. The number of hydrogen-bond acceptors (Lipinski definition) is 3. The minimum Gasteiger partial charge on any atom is -0.510 e. The Bertz CT molecular complexity index is 3100. The van der Waals surface area contributed by atoms with Crippen molar-refractivity contribution in [1.29, 1.82) is 0 Å². The van der Waals surface area contributed by atoms with Crippen LogP contribution in [0.25, 0.3) is 44.3 Å². The van der Waals surface area contributed by atoms with Crippen LogP contribution in [0.1, 0.15) is 74.9 Å². The van der Waals surface area contributed by atoms with E-state index in [-0.39, 0.29) is 31.9 Å². The molecule has 6 aromatic carbocycles. The van der Waals surface area contributed by atoms with Crippen molar-refractivity contribution in [2.45, 2.75) is 57.8 Å². The third-order valence-corrected chi connectivity index (χ3v) is 12.2. The number of para-hydroxylation sites is 2. The van der Waals surface area contributed by atoms with Crippen molar-refractivity contribution in [3.63, 3.8) is 0 Å². The zero-order chi connectivity index (χ0) is 39.7. The number of hydrogen-bond donors (Lipinski definition) is 0. The SMILES string of the molecule is C[n+]1[c-]n2c3c(cccc31)C1(c3ccc(Oc4[c-]c5c(cc4)c4ccccc4n5-c4ccccn4)[c-]c3-2)c2cc(C(C)(C)C)ccc2Oc2ccc(C(C)(C)C)cc21.[Pt]. The number of fused-ring (bicyclic) bond motifs is 11. The van der Waals surface area contributed by atoms with Gasteiger partial charge >= 0.3 is 0 Å². The molecule has 0 fully saturated rings.